The van der Waals surface area contributed by atoms with Crippen LogP contribution in [0.25, 0.3) is 0 Å². The smallest absolute Gasteiger partial charge is 0.170 e. The highest BCUT2D eigenvalue weighted by Gasteiger charge is 2.36. The van der Waals surface area contributed by atoms with E-state index in [-0.39, 0.29) is 12.2 Å². The monoisotopic (exact) mass is 312 g/mol. The standard InChI is InChI=1S/C16H25ClN2O2/c1-3-12-15(17)13(19(4-2)18-12)11-14(20)16(21)9-7-5-6-8-10-16/h21H,3-11H2,1-2H3. The van der Waals surface area contributed by atoms with Gasteiger partial charge in [-0.3, -0.25) is 9.48 Å². The van der Waals surface area contributed by atoms with E-state index in [4.69, 9.17) is 11.6 Å². The molecule has 1 heterocycles. The number of carbonyl (C=O) groups is 1. The lowest BCUT2D eigenvalue weighted by Crippen LogP contribution is -2.39. The van der Waals surface area contributed by atoms with Crippen molar-refractivity contribution in [1.29, 1.82) is 0 Å². The second-order valence-corrected chi connectivity index (χ2v) is 6.30. The van der Waals surface area contributed by atoms with Crippen LogP contribution in [0, 0.1) is 0 Å². The van der Waals surface area contributed by atoms with Crippen LogP contribution in [0.4, 0.5) is 0 Å². The number of hydrogen-bond donors (Lipinski definition) is 1. The lowest BCUT2D eigenvalue weighted by atomic mass is 9.87. The molecule has 1 aromatic heterocycles. The average molecular weight is 313 g/mol. The van der Waals surface area contributed by atoms with E-state index >= 15 is 0 Å². The molecule has 0 spiro atoms. The topological polar surface area (TPSA) is 55.1 Å². The average Bonchev–Trinajstić information content (AvgIpc) is 2.65. The van der Waals surface area contributed by atoms with Crippen LogP contribution in [0.15, 0.2) is 0 Å². The van der Waals surface area contributed by atoms with Gasteiger partial charge in [-0.2, -0.15) is 5.10 Å². The summed E-state index contributed by atoms with van der Waals surface area (Å²) in [5.74, 6) is -0.108. The van der Waals surface area contributed by atoms with Gasteiger partial charge in [-0.15, -0.1) is 0 Å². The van der Waals surface area contributed by atoms with Gasteiger partial charge < -0.3 is 5.11 Å². The molecule has 0 atom stereocenters. The molecule has 1 aliphatic rings. The minimum Gasteiger partial charge on any atom is -0.382 e. The van der Waals surface area contributed by atoms with Crippen molar-refractivity contribution in [2.45, 2.75) is 77.4 Å². The lowest BCUT2D eigenvalue weighted by molar-refractivity contribution is -0.138. The number of carbonyl (C=O) groups excluding carboxylic acids is 1. The van der Waals surface area contributed by atoms with Crippen LogP contribution in [0.1, 0.15) is 63.8 Å². The van der Waals surface area contributed by atoms with Gasteiger partial charge in [0.15, 0.2) is 5.78 Å². The Morgan fingerprint density at radius 2 is 1.90 bits per heavy atom. The summed E-state index contributed by atoms with van der Waals surface area (Å²) in [6, 6.07) is 0. The fourth-order valence-corrected chi connectivity index (χ4v) is 3.43. The predicted molar refractivity (Wildman–Crippen MR) is 83.7 cm³/mol. The first-order valence-corrected chi connectivity index (χ1v) is 8.39. The molecule has 1 saturated carbocycles. The zero-order valence-electron chi connectivity index (χ0n) is 13.0. The highest BCUT2D eigenvalue weighted by molar-refractivity contribution is 6.32. The molecule has 0 aliphatic heterocycles. The summed E-state index contributed by atoms with van der Waals surface area (Å²) < 4.78 is 1.79. The molecule has 0 saturated heterocycles. The first-order chi connectivity index (χ1) is 10.0. The second kappa shape index (κ2) is 6.93. The van der Waals surface area contributed by atoms with E-state index < -0.39 is 5.60 Å². The summed E-state index contributed by atoms with van der Waals surface area (Å²) in [5.41, 5.74) is 0.405. The normalized spacial score (nSPS) is 18.5. The van der Waals surface area contributed by atoms with Crippen molar-refractivity contribution in [3.05, 3.63) is 16.4 Å². The third-order valence-corrected chi connectivity index (χ3v) is 4.91. The van der Waals surface area contributed by atoms with E-state index in [2.05, 4.69) is 5.10 Å². The van der Waals surface area contributed by atoms with E-state index in [0.29, 0.717) is 24.4 Å². The maximum atomic E-state index is 12.6. The summed E-state index contributed by atoms with van der Waals surface area (Å²) in [5, 5.41) is 15.7. The number of aryl methyl sites for hydroxylation is 2. The van der Waals surface area contributed by atoms with E-state index in [1.165, 1.54) is 0 Å². The predicted octanol–water partition coefficient (Wildman–Crippen LogP) is 3.32. The van der Waals surface area contributed by atoms with Gasteiger partial charge in [0, 0.05) is 6.54 Å². The fourth-order valence-electron chi connectivity index (χ4n) is 3.10. The van der Waals surface area contributed by atoms with Gasteiger partial charge in [-0.05, 0) is 26.2 Å². The Balaban J connectivity index is 2.20. The summed E-state index contributed by atoms with van der Waals surface area (Å²) in [4.78, 5) is 12.6. The molecule has 0 unspecified atom stereocenters. The van der Waals surface area contributed by atoms with Crippen molar-refractivity contribution in [2.24, 2.45) is 0 Å². The molecule has 0 amide bonds. The number of hydrogen-bond acceptors (Lipinski definition) is 3. The Hall–Kier alpha value is -0.870. The zero-order valence-corrected chi connectivity index (χ0v) is 13.7. The highest BCUT2D eigenvalue weighted by atomic mass is 35.5. The molecule has 1 aliphatic carbocycles. The highest BCUT2D eigenvalue weighted by Crippen LogP contribution is 2.30. The number of halogens is 1. The Bertz CT molecular complexity index is 503. The Kier molecular flexibility index (Phi) is 5.44. The summed E-state index contributed by atoms with van der Waals surface area (Å²) >= 11 is 6.35. The van der Waals surface area contributed by atoms with Crippen molar-refractivity contribution in [1.82, 2.24) is 9.78 Å². The molecule has 1 fully saturated rings. The van der Waals surface area contributed by atoms with E-state index in [1.54, 1.807) is 4.68 Å². The molecule has 1 aromatic rings. The van der Waals surface area contributed by atoms with E-state index in [1.807, 2.05) is 13.8 Å². The number of Topliss-reactive ketones (excluding diaryl/α,β-unsaturated/α-hetero) is 1. The van der Waals surface area contributed by atoms with Crippen molar-refractivity contribution in [2.75, 3.05) is 0 Å². The molecule has 5 heteroatoms. The van der Waals surface area contributed by atoms with Crippen LogP contribution >= 0.6 is 11.6 Å². The maximum Gasteiger partial charge on any atom is 0.170 e. The summed E-state index contributed by atoms with van der Waals surface area (Å²) in [6.07, 6.45) is 6.11. The summed E-state index contributed by atoms with van der Waals surface area (Å²) in [6.45, 7) is 4.66. The van der Waals surface area contributed by atoms with Gasteiger partial charge in [0.1, 0.15) is 5.60 Å². The molecule has 4 nitrogen and oxygen atoms in total. The third kappa shape index (κ3) is 3.49. The molecule has 0 aromatic carbocycles. The largest absolute Gasteiger partial charge is 0.382 e. The number of nitrogens with zero attached hydrogens (tertiary/aromatic N) is 2. The summed E-state index contributed by atoms with van der Waals surface area (Å²) in [7, 11) is 0. The number of aromatic nitrogens is 2. The first-order valence-electron chi connectivity index (χ1n) is 8.01. The maximum absolute atomic E-state index is 12.6. The minimum atomic E-state index is -1.17. The number of ketones is 1. The zero-order chi connectivity index (χ0) is 15.5. The van der Waals surface area contributed by atoms with Gasteiger partial charge in [0.05, 0.1) is 22.8 Å². The minimum absolute atomic E-state index is 0.108. The van der Waals surface area contributed by atoms with Crippen molar-refractivity contribution >= 4 is 17.4 Å². The number of aliphatic hydroxyl groups is 1. The van der Waals surface area contributed by atoms with E-state index in [9.17, 15) is 9.90 Å². The van der Waals surface area contributed by atoms with Gasteiger partial charge in [0.25, 0.3) is 0 Å². The van der Waals surface area contributed by atoms with Gasteiger partial charge in [0.2, 0.25) is 0 Å². The fraction of sp³-hybridized carbons (Fsp3) is 0.750. The Morgan fingerprint density at radius 3 is 2.43 bits per heavy atom. The third-order valence-electron chi connectivity index (χ3n) is 4.47. The van der Waals surface area contributed by atoms with Crippen LogP contribution in [-0.4, -0.2) is 26.3 Å². The first kappa shape index (κ1) is 16.5. The second-order valence-electron chi connectivity index (χ2n) is 5.92. The number of rotatable bonds is 5. The van der Waals surface area contributed by atoms with Crippen LogP contribution in [0.5, 0.6) is 0 Å². The lowest BCUT2D eigenvalue weighted by Gasteiger charge is -2.25. The van der Waals surface area contributed by atoms with Crippen LogP contribution in [0.2, 0.25) is 5.02 Å². The van der Waals surface area contributed by atoms with Crippen molar-refractivity contribution < 1.29 is 9.90 Å². The van der Waals surface area contributed by atoms with Crippen molar-refractivity contribution in [3.63, 3.8) is 0 Å². The van der Waals surface area contributed by atoms with Gasteiger partial charge in [-0.1, -0.05) is 44.2 Å². The Labute approximate surface area is 131 Å². The molecule has 2 rings (SSSR count). The van der Waals surface area contributed by atoms with Crippen molar-refractivity contribution in [3.8, 4) is 0 Å². The van der Waals surface area contributed by atoms with Crippen LogP contribution in [-0.2, 0) is 24.2 Å². The Morgan fingerprint density at radius 1 is 1.29 bits per heavy atom. The molecule has 0 bridgehead atoms. The van der Waals surface area contributed by atoms with Gasteiger partial charge in [-0.25, -0.2) is 0 Å². The quantitative estimate of drug-likeness (QED) is 0.849. The van der Waals surface area contributed by atoms with Crippen LogP contribution in [0.3, 0.4) is 0 Å². The molecule has 118 valence electrons. The molecule has 21 heavy (non-hydrogen) atoms. The van der Waals surface area contributed by atoms with Gasteiger partial charge >= 0.3 is 0 Å². The molecular formula is C16H25ClN2O2. The molecule has 0 radical (unpaired) electrons. The van der Waals surface area contributed by atoms with Crippen LogP contribution < -0.4 is 0 Å². The SMILES string of the molecule is CCc1nn(CC)c(CC(=O)C2(O)CCCCCC2)c1Cl. The van der Waals surface area contributed by atoms with E-state index in [0.717, 1.165) is 43.5 Å². The molecular weight excluding hydrogens is 288 g/mol. The molecule has 1 N–H and O–H groups in total.